The fraction of sp³-hybridized carbons (Fsp3) is 0.412. The normalized spacial score (nSPS) is 15.6. The number of nitrogens with one attached hydrogen (secondary N) is 1. The number of halogens is 1. The third-order valence-corrected chi connectivity index (χ3v) is 5.20. The molecule has 2 heterocycles. The van der Waals surface area contributed by atoms with E-state index in [1.807, 2.05) is 0 Å². The number of hydrogen-bond acceptors (Lipinski definition) is 5. The molecule has 1 aliphatic heterocycles. The second-order valence-corrected chi connectivity index (χ2v) is 7.23. The van der Waals surface area contributed by atoms with Crippen LogP contribution in [0.15, 0.2) is 24.3 Å². The van der Waals surface area contributed by atoms with Gasteiger partial charge in [0.1, 0.15) is 5.75 Å². The summed E-state index contributed by atoms with van der Waals surface area (Å²) in [6, 6.07) is 7.01. The van der Waals surface area contributed by atoms with Crippen LogP contribution in [-0.2, 0) is 17.8 Å². The number of anilines is 1. The Hall–Kier alpha value is -1.63. The second-order valence-electron chi connectivity index (χ2n) is 5.71. The highest BCUT2D eigenvalue weighted by Gasteiger charge is 2.22. The van der Waals surface area contributed by atoms with E-state index in [0.29, 0.717) is 15.9 Å². The zero-order valence-corrected chi connectivity index (χ0v) is 15.3. The lowest BCUT2D eigenvalue weighted by atomic mass is 10.2. The van der Waals surface area contributed by atoms with E-state index in [1.54, 1.807) is 42.5 Å². The van der Waals surface area contributed by atoms with Gasteiger partial charge >= 0.3 is 0 Å². The number of carbonyl (C=O) groups excluding carboxylic acids is 1. The number of ether oxygens (including phenoxy) is 1. The van der Waals surface area contributed by atoms with Gasteiger partial charge in [0.25, 0.3) is 5.91 Å². The Morgan fingerprint density at radius 1 is 1.54 bits per heavy atom. The first-order valence-corrected chi connectivity index (χ1v) is 9.18. The van der Waals surface area contributed by atoms with E-state index in [2.05, 4.69) is 22.1 Å². The monoisotopic (exact) mass is 365 g/mol. The summed E-state index contributed by atoms with van der Waals surface area (Å²) in [5.41, 5.74) is 1.10. The van der Waals surface area contributed by atoms with Crippen LogP contribution in [0.3, 0.4) is 0 Å². The minimum Gasteiger partial charge on any atom is -0.481 e. The lowest BCUT2D eigenvalue weighted by Crippen LogP contribution is -2.30. The number of amides is 1. The second kappa shape index (κ2) is 7.51. The molecule has 1 aliphatic rings. The van der Waals surface area contributed by atoms with E-state index in [-0.39, 0.29) is 5.91 Å². The molecule has 1 aromatic heterocycles. The Balaban J connectivity index is 1.61. The molecule has 1 unspecified atom stereocenters. The molecule has 0 bridgehead atoms. The van der Waals surface area contributed by atoms with Gasteiger partial charge in [-0.25, -0.2) is 4.98 Å². The van der Waals surface area contributed by atoms with Crippen LogP contribution in [-0.4, -0.2) is 35.0 Å². The van der Waals surface area contributed by atoms with E-state index in [1.165, 1.54) is 4.88 Å². The molecule has 0 spiro atoms. The fourth-order valence-corrected chi connectivity index (χ4v) is 3.81. The van der Waals surface area contributed by atoms with E-state index in [0.717, 1.165) is 31.7 Å². The third kappa shape index (κ3) is 4.06. The predicted molar refractivity (Wildman–Crippen MR) is 96.9 cm³/mol. The molecule has 5 nitrogen and oxygen atoms in total. The summed E-state index contributed by atoms with van der Waals surface area (Å²) in [4.78, 5) is 20.5. The molecule has 1 aromatic carbocycles. The van der Waals surface area contributed by atoms with Crippen LogP contribution in [0.1, 0.15) is 24.4 Å². The van der Waals surface area contributed by atoms with Crippen LogP contribution in [0.4, 0.5) is 5.13 Å². The Bertz CT molecular complexity index is 734. The van der Waals surface area contributed by atoms with Crippen molar-refractivity contribution in [2.24, 2.45) is 0 Å². The maximum atomic E-state index is 12.3. The van der Waals surface area contributed by atoms with Crippen molar-refractivity contribution in [3.8, 4) is 5.75 Å². The Morgan fingerprint density at radius 2 is 2.38 bits per heavy atom. The zero-order chi connectivity index (χ0) is 17.1. The average Bonchev–Trinajstić information content (AvgIpc) is 2.95. The van der Waals surface area contributed by atoms with Crippen LogP contribution >= 0.6 is 22.9 Å². The van der Waals surface area contributed by atoms with E-state index < -0.39 is 6.10 Å². The molecule has 0 fully saturated rings. The molecule has 1 N–H and O–H groups in total. The van der Waals surface area contributed by atoms with Crippen LogP contribution in [0.2, 0.25) is 5.02 Å². The zero-order valence-electron chi connectivity index (χ0n) is 13.7. The fourth-order valence-electron chi connectivity index (χ4n) is 2.58. The van der Waals surface area contributed by atoms with Gasteiger partial charge in [0, 0.05) is 29.4 Å². The number of hydrogen-bond donors (Lipinski definition) is 1. The summed E-state index contributed by atoms with van der Waals surface area (Å²) >= 11 is 7.47. The average molecular weight is 366 g/mol. The van der Waals surface area contributed by atoms with Crippen molar-refractivity contribution < 1.29 is 9.53 Å². The molecule has 1 amide bonds. The van der Waals surface area contributed by atoms with Gasteiger partial charge < -0.3 is 4.74 Å². The largest absolute Gasteiger partial charge is 0.481 e. The first-order valence-electron chi connectivity index (χ1n) is 7.99. The van der Waals surface area contributed by atoms with Gasteiger partial charge in [-0.15, -0.1) is 11.3 Å². The van der Waals surface area contributed by atoms with E-state index >= 15 is 0 Å². The maximum Gasteiger partial charge on any atom is 0.266 e. The van der Waals surface area contributed by atoms with Gasteiger partial charge in [-0.3, -0.25) is 15.0 Å². The molecule has 3 rings (SSSR count). The number of benzene rings is 1. The lowest BCUT2D eigenvalue weighted by Gasteiger charge is -2.23. The molecule has 7 heteroatoms. The topological polar surface area (TPSA) is 54.5 Å². The Labute approximate surface area is 150 Å². The third-order valence-electron chi connectivity index (χ3n) is 3.97. The molecule has 2 aromatic rings. The van der Waals surface area contributed by atoms with Crippen molar-refractivity contribution in [3.05, 3.63) is 39.9 Å². The molecular formula is C17H20ClN3O2S. The van der Waals surface area contributed by atoms with Gasteiger partial charge in [-0.1, -0.05) is 24.6 Å². The van der Waals surface area contributed by atoms with Crippen LogP contribution in [0.25, 0.3) is 0 Å². The summed E-state index contributed by atoms with van der Waals surface area (Å²) in [5.74, 6) is 0.357. The van der Waals surface area contributed by atoms with Crippen molar-refractivity contribution in [2.45, 2.75) is 32.9 Å². The SMILES string of the molecule is CCN1CCc2nc(NC(=O)C(C)Oc3cccc(Cl)c3)sc2C1. The van der Waals surface area contributed by atoms with Crippen molar-refractivity contribution >= 4 is 34.0 Å². The van der Waals surface area contributed by atoms with Crippen molar-refractivity contribution in [1.82, 2.24) is 9.88 Å². The van der Waals surface area contributed by atoms with Gasteiger partial charge in [0.15, 0.2) is 11.2 Å². The predicted octanol–water partition coefficient (Wildman–Crippen LogP) is 3.58. The quantitative estimate of drug-likeness (QED) is 0.879. The Morgan fingerprint density at radius 3 is 3.12 bits per heavy atom. The summed E-state index contributed by atoms with van der Waals surface area (Å²) in [7, 11) is 0. The summed E-state index contributed by atoms with van der Waals surface area (Å²) in [6.45, 7) is 6.83. The molecule has 0 radical (unpaired) electrons. The molecule has 0 saturated carbocycles. The highest BCUT2D eigenvalue weighted by atomic mass is 35.5. The molecule has 0 aliphatic carbocycles. The minimum atomic E-state index is -0.628. The number of thiazole rings is 1. The number of carbonyl (C=O) groups is 1. The van der Waals surface area contributed by atoms with Gasteiger partial charge in [0.05, 0.1) is 5.69 Å². The van der Waals surface area contributed by atoms with Gasteiger partial charge in [0.2, 0.25) is 0 Å². The Kier molecular flexibility index (Phi) is 5.38. The number of likely N-dealkylation sites (N-methyl/N-ethyl adjacent to an activating group) is 1. The molecular weight excluding hydrogens is 346 g/mol. The van der Waals surface area contributed by atoms with Crippen molar-refractivity contribution in [1.29, 1.82) is 0 Å². The van der Waals surface area contributed by atoms with Crippen LogP contribution < -0.4 is 10.1 Å². The van der Waals surface area contributed by atoms with Gasteiger partial charge in [-0.2, -0.15) is 0 Å². The van der Waals surface area contributed by atoms with E-state index in [9.17, 15) is 4.79 Å². The number of rotatable bonds is 5. The lowest BCUT2D eigenvalue weighted by molar-refractivity contribution is -0.122. The maximum absolute atomic E-state index is 12.3. The molecule has 128 valence electrons. The van der Waals surface area contributed by atoms with Gasteiger partial charge in [-0.05, 0) is 31.7 Å². The summed E-state index contributed by atoms with van der Waals surface area (Å²) in [6.07, 6.45) is 0.306. The van der Waals surface area contributed by atoms with Crippen LogP contribution in [0, 0.1) is 0 Å². The van der Waals surface area contributed by atoms with Crippen molar-refractivity contribution in [3.63, 3.8) is 0 Å². The highest BCUT2D eigenvalue weighted by molar-refractivity contribution is 7.15. The van der Waals surface area contributed by atoms with Crippen LogP contribution in [0.5, 0.6) is 5.75 Å². The first-order chi connectivity index (χ1) is 11.5. The first kappa shape index (κ1) is 17.2. The summed E-state index contributed by atoms with van der Waals surface area (Å²) in [5, 5.41) is 4.08. The summed E-state index contributed by atoms with van der Waals surface area (Å²) < 4.78 is 5.64. The smallest absolute Gasteiger partial charge is 0.266 e. The molecule has 0 saturated heterocycles. The molecule has 24 heavy (non-hydrogen) atoms. The number of nitrogens with zero attached hydrogens (tertiary/aromatic N) is 2. The van der Waals surface area contributed by atoms with E-state index in [4.69, 9.17) is 16.3 Å². The number of fused-ring (bicyclic) bond motifs is 1. The standard InChI is InChI=1S/C17H20ClN3O2S/c1-3-21-8-7-14-15(10-21)24-17(19-14)20-16(22)11(2)23-13-6-4-5-12(18)9-13/h4-6,9,11H,3,7-8,10H2,1-2H3,(H,19,20,22). The molecule has 1 atom stereocenters. The number of aromatic nitrogens is 1. The highest BCUT2D eigenvalue weighted by Crippen LogP contribution is 2.28. The van der Waals surface area contributed by atoms with Crippen molar-refractivity contribution in [2.75, 3.05) is 18.4 Å². The minimum absolute atomic E-state index is 0.214.